The molecule has 1 aliphatic heterocycles. The van der Waals surface area contributed by atoms with Crippen LogP contribution < -0.4 is 10.6 Å². The fraction of sp³-hybridized carbons (Fsp3) is 0.261. The SMILES string of the molecule is O=C(NCC1CCOCC1)c1cccc(Nc2ccc(-c3ccccc3)nn2)c1. The second-order valence-corrected chi connectivity index (χ2v) is 7.14. The first kappa shape index (κ1) is 19.1. The molecule has 4 rings (SSSR count). The lowest BCUT2D eigenvalue weighted by Gasteiger charge is -2.22. The average Bonchev–Trinajstić information content (AvgIpc) is 2.79. The molecule has 0 spiro atoms. The molecular weight excluding hydrogens is 364 g/mol. The summed E-state index contributed by atoms with van der Waals surface area (Å²) < 4.78 is 5.36. The van der Waals surface area contributed by atoms with Crippen molar-refractivity contribution in [1.29, 1.82) is 0 Å². The van der Waals surface area contributed by atoms with Crippen LogP contribution in [0.1, 0.15) is 23.2 Å². The molecule has 29 heavy (non-hydrogen) atoms. The predicted octanol–water partition coefficient (Wildman–Crippen LogP) is 4.04. The van der Waals surface area contributed by atoms with Crippen molar-refractivity contribution in [2.45, 2.75) is 12.8 Å². The number of aromatic nitrogens is 2. The van der Waals surface area contributed by atoms with Crippen molar-refractivity contribution in [2.75, 3.05) is 25.1 Å². The Labute approximate surface area is 170 Å². The number of anilines is 2. The highest BCUT2D eigenvalue weighted by Crippen LogP contribution is 2.20. The van der Waals surface area contributed by atoms with Crippen LogP contribution in [0.5, 0.6) is 0 Å². The van der Waals surface area contributed by atoms with Crippen LogP contribution in [-0.2, 0) is 4.74 Å². The number of carbonyl (C=O) groups excluding carboxylic acids is 1. The van der Waals surface area contributed by atoms with Crippen LogP contribution >= 0.6 is 0 Å². The summed E-state index contributed by atoms with van der Waals surface area (Å²) in [5, 5.41) is 14.8. The van der Waals surface area contributed by atoms with E-state index in [2.05, 4.69) is 20.8 Å². The Kier molecular flexibility index (Phi) is 6.12. The Morgan fingerprint density at radius 2 is 1.79 bits per heavy atom. The smallest absolute Gasteiger partial charge is 0.251 e. The third kappa shape index (κ3) is 5.18. The summed E-state index contributed by atoms with van der Waals surface area (Å²) in [5.41, 5.74) is 3.26. The Hall–Kier alpha value is -3.25. The molecule has 1 saturated heterocycles. The van der Waals surface area contributed by atoms with Crippen LogP contribution in [0.2, 0.25) is 0 Å². The summed E-state index contributed by atoms with van der Waals surface area (Å²) in [6.45, 7) is 2.25. The molecule has 6 nitrogen and oxygen atoms in total. The number of benzene rings is 2. The maximum absolute atomic E-state index is 12.5. The van der Waals surface area contributed by atoms with Crippen molar-refractivity contribution >= 4 is 17.4 Å². The summed E-state index contributed by atoms with van der Waals surface area (Å²) in [5.74, 6) is 1.06. The lowest BCUT2D eigenvalue weighted by molar-refractivity contribution is 0.0642. The molecule has 0 saturated carbocycles. The van der Waals surface area contributed by atoms with Crippen molar-refractivity contribution in [3.8, 4) is 11.3 Å². The van der Waals surface area contributed by atoms with Gasteiger partial charge >= 0.3 is 0 Å². The molecule has 2 aromatic carbocycles. The maximum Gasteiger partial charge on any atom is 0.251 e. The van der Waals surface area contributed by atoms with Crippen LogP contribution in [0, 0.1) is 5.92 Å². The molecular formula is C23H24N4O2. The summed E-state index contributed by atoms with van der Waals surface area (Å²) in [7, 11) is 0. The zero-order valence-electron chi connectivity index (χ0n) is 16.2. The van der Waals surface area contributed by atoms with E-state index < -0.39 is 0 Å². The summed E-state index contributed by atoms with van der Waals surface area (Å²) >= 11 is 0. The van der Waals surface area contributed by atoms with E-state index in [1.54, 1.807) is 0 Å². The highest BCUT2D eigenvalue weighted by atomic mass is 16.5. The van der Waals surface area contributed by atoms with Crippen molar-refractivity contribution < 1.29 is 9.53 Å². The van der Waals surface area contributed by atoms with Gasteiger partial charge in [-0.05, 0) is 49.1 Å². The molecule has 148 valence electrons. The van der Waals surface area contributed by atoms with E-state index in [1.165, 1.54) is 0 Å². The van der Waals surface area contributed by atoms with Crippen LogP contribution in [0.15, 0.2) is 66.7 Å². The number of rotatable bonds is 6. The molecule has 0 aliphatic carbocycles. The molecule has 3 aromatic rings. The molecule has 1 amide bonds. The number of hydrogen-bond acceptors (Lipinski definition) is 5. The fourth-order valence-electron chi connectivity index (χ4n) is 3.34. The van der Waals surface area contributed by atoms with Crippen LogP contribution in [0.4, 0.5) is 11.5 Å². The van der Waals surface area contributed by atoms with Gasteiger partial charge in [-0.3, -0.25) is 4.79 Å². The van der Waals surface area contributed by atoms with E-state index in [0.29, 0.717) is 23.8 Å². The highest BCUT2D eigenvalue weighted by molar-refractivity contribution is 5.95. The average molecular weight is 388 g/mol. The molecule has 0 radical (unpaired) electrons. The molecule has 0 unspecified atom stereocenters. The second kappa shape index (κ2) is 9.30. The molecule has 0 atom stereocenters. The zero-order valence-corrected chi connectivity index (χ0v) is 16.2. The first-order valence-electron chi connectivity index (χ1n) is 9.90. The Morgan fingerprint density at radius 1 is 0.966 bits per heavy atom. The van der Waals surface area contributed by atoms with Gasteiger partial charge in [0.25, 0.3) is 5.91 Å². The minimum Gasteiger partial charge on any atom is -0.381 e. The Balaban J connectivity index is 1.37. The molecule has 2 N–H and O–H groups in total. The van der Waals surface area contributed by atoms with Crippen molar-refractivity contribution in [3.63, 3.8) is 0 Å². The molecule has 0 bridgehead atoms. The van der Waals surface area contributed by atoms with Crippen molar-refractivity contribution in [1.82, 2.24) is 15.5 Å². The van der Waals surface area contributed by atoms with E-state index in [-0.39, 0.29) is 5.91 Å². The first-order chi connectivity index (χ1) is 14.3. The number of amides is 1. The van der Waals surface area contributed by atoms with E-state index in [9.17, 15) is 4.79 Å². The second-order valence-electron chi connectivity index (χ2n) is 7.14. The molecule has 1 aliphatic rings. The predicted molar refractivity (Wildman–Crippen MR) is 113 cm³/mol. The van der Waals surface area contributed by atoms with E-state index in [4.69, 9.17) is 4.74 Å². The summed E-state index contributed by atoms with van der Waals surface area (Å²) in [6, 6.07) is 21.1. The van der Waals surface area contributed by atoms with Gasteiger partial charge in [0.05, 0.1) is 5.69 Å². The lowest BCUT2D eigenvalue weighted by Crippen LogP contribution is -2.32. The van der Waals surface area contributed by atoms with Crippen LogP contribution in [-0.4, -0.2) is 35.9 Å². The normalized spacial score (nSPS) is 14.3. The highest BCUT2D eigenvalue weighted by Gasteiger charge is 2.15. The molecule has 6 heteroatoms. The zero-order chi connectivity index (χ0) is 19.9. The monoisotopic (exact) mass is 388 g/mol. The van der Waals surface area contributed by atoms with E-state index in [0.717, 1.165) is 43.0 Å². The molecule has 1 aromatic heterocycles. The maximum atomic E-state index is 12.5. The number of hydrogen-bond donors (Lipinski definition) is 2. The Morgan fingerprint density at radius 3 is 2.55 bits per heavy atom. The van der Waals surface area contributed by atoms with Gasteiger partial charge in [0.1, 0.15) is 0 Å². The topological polar surface area (TPSA) is 76.1 Å². The minimum atomic E-state index is -0.0642. The van der Waals surface area contributed by atoms with Gasteiger partial charge in [0, 0.05) is 36.6 Å². The van der Waals surface area contributed by atoms with Crippen LogP contribution in [0.25, 0.3) is 11.3 Å². The van der Waals surface area contributed by atoms with Gasteiger partial charge in [0.2, 0.25) is 0 Å². The Bertz CT molecular complexity index is 939. The quantitative estimate of drug-likeness (QED) is 0.666. The van der Waals surface area contributed by atoms with Gasteiger partial charge in [-0.15, -0.1) is 10.2 Å². The molecule has 2 heterocycles. The summed E-state index contributed by atoms with van der Waals surface area (Å²) in [4.78, 5) is 12.5. The standard InChI is InChI=1S/C23H24N4O2/c28-23(24-16-17-11-13-29-14-12-17)19-7-4-8-20(15-19)25-22-10-9-21(26-27-22)18-5-2-1-3-6-18/h1-10,15,17H,11-14,16H2,(H,24,28)(H,25,27). The number of nitrogens with zero attached hydrogens (tertiary/aromatic N) is 2. The molecule has 1 fully saturated rings. The van der Waals surface area contributed by atoms with E-state index in [1.807, 2.05) is 66.7 Å². The third-order valence-electron chi connectivity index (χ3n) is 5.02. The van der Waals surface area contributed by atoms with Gasteiger partial charge in [-0.25, -0.2) is 0 Å². The van der Waals surface area contributed by atoms with Gasteiger partial charge in [0.15, 0.2) is 5.82 Å². The number of carbonyl (C=O) groups is 1. The minimum absolute atomic E-state index is 0.0642. The van der Waals surface area contributed by atoms with Crippen molar-refractivity contribution in [3.05, 3.63) is 72.3 Å². The van der Waals surface area contributed by atoms with Gasteiger partial charge in [-0.2, -0.15) is 0 Å². The first-order valence-corrected chi connectivity index (χ1v) is 9.90. The van der Waals surface area contributed by atoms with Crippen LogP contribution in [0.3, 0.4) is 0 Å². The largest absolute Gasteiger partial charge is 0.381 e. The van der Waals surface area contributed by atoms with E-state index >= 15 is 0 Å². The van der Waals surface area contributed by atoms with Gasteiger partial charge < -0.3 is 15.4 Å². The van der Waals surface area contributed by atoms with Crippen molar-refractivity contribution in [2.24, 2.45) is 5.92 Å². The number of ether oxygens (including phenoxy) is 1. The summed E-state index contributed by atoms with van der Waals surface area (Å²) in [6.07, 6.45) is 2.00. The fourth-order valence-corrected chi connectivity index (χ4v) is 3.34. The lowest BCUT2D eigenvalue weighted by atomic mass is 10.0. The number of nitrogens with one attached hydrogen (secondary N) is 2. The third-order valence-corrected chi connectivity index (χ3v) is 5.02. The van der Waals surface area contributed by atoms with Gasteiger partial charge in [-0.1, -0.05) is 36.4 Å².